The van der Waals surface area contributed by atoms with Gasteiger partial charge in [-0.1, -0.05) is 32.0 Å². The van der Waals surface area contributed by atoms with Crippen LogP contribution in [-0.4, -0.2) is 47.1 Å². The van der Waals surface area contributed by atoms with Gasteiger partial charge in [-0.3, -0.25) is 9.59 Å². The maximum Gasteiger partial charge on any atom is 0.226 e. The van der Waals surface area contributed by atoms with Crippen molar-refractivity contribution in [3.05, 3.63) is 29.8 Å². The third-order valence-electron chi connectivity index (χ3n) is 4.88. The zero-order valence-corrected chi connectivity index (χ0v) is 13.0. The minimum absolute atomic E-state index is 0.0185. The molecule has 1 fully saturated rings. The van der Waals surface area contributed by atoms with E-state index in [1.165, 1.54) is 0 Å². The quantitative estimate of drug-likeness (QED) is 0.920. The maximum atomic E-state index is 12.3. The monoisotopic (exact) mass is 302 g/mol. The van der Waals surface area contributed by atoms with Crippen LogP contribution in [0.2, 0.25) is 0 Å². The van der Waals surface area contributed by atoms with Gasteiger partial charge in [0, 0.05) is 31.0 Å². The summed E-state index contributed by atoms with van der Waals surface area (Å²) in [6, 6.07) is 7.66. The molecule has 0 aromatic heterocycles. The summed E-state index contributed by atoms with van der Waals surface area (Å²) >= 11 is 0. The standard InChI is InChI=1S/C17H22N2O3/c1-3-15(21)18-9-13-17(11-7-5-6-8-12(11)18)14(10-20)19(13)16(22)4-2/h5-8,13-14,17,20H,3-4,9-10H2,1-2H3/t13-,14+,17+/m1/s1. The van der Waals surface area contributed by atoms with Gasteiger partial charge in [0.05, 0.1) is 18.7 Å². The molecule has 1 saturated heterocycles. The molecule has 0 unspecified atom stereocenters. The number of rotatable bonds is 3. The lowest BCUT2D eigenvalue weighted by Gasteiger charge is -2.59. The highest BCUT2D eigenvalue weighted by Gasteiger charge is 2.54. The summed E-state index contributed by atoms with van der Waals surface area (Å²) in [5, 5.41) is 9.71. The van der Waals surface area contributed by atoms with Crippen LogP contribution in [-0.2, 0) is 9.59 Å². The smallest absolute Gasteiger partial charge is 0.226 e. The van der Waals surface area contributed by atoms with Crippen molar-refractivity contribution in [2.75, 3.05) is 18.1 Å². The predicted octanol–water partition coefficient (Wildman–Crippen LogP) is 1.51. The number of carbonyl (C=O) groups is 2. The summed E-state index contributed by atoms with van der Waals surface area (Å²) in [6.07, 6.45) is 0.861. The molecule has 0 radical (unpaired) electrons. The first-order valence-electron chi connectivity index (χ1n) is 7.95. The van der Waals surface area contributed by atoms with Crippen molar-refractivity contribution in [1.82, 2.24) is 4.90 Å². The molecule has 118 valence electrons. The summed E-state index contributed by atoms with van der Waals surface area (Å²) < 4.78 is 0. The molecule has 3 rings (SSSR count). The molecule has 22 heavy (non-hydrogen) atoms. The molecule has 0 bridgehead atoms. The van der Waals surface area contributed by atoms with Gasteiger partial charge in [0.1, 0.15) is 0 Å². The summed E-state index contributed by atoms with van der Waals surface area (Å²) in [5.41, 5.74) is 2.00. The fourth-order valence-electron chi connectivity index (χ4n) is 3.84. The number of benzene rings is 1. The highest BCUT2D eigenvalue weighted by atomic mass is 16.3. The zero-order chi connectivity index (χ0) is 15.9. The number of likely N-dealkylation sites (tertiary alicyclic amines) is 1. The summed E-state index contributed by atoms with van der Waals surface area (Å²) in [4.78, 5) is 28.0. The van der Waals surface area contributed by atoms with Gasteiger partial charge in [0.15, 0.2) is 0 Å². The van der Waals surface area contributed by atoms with Gasteiger partial charge < -0.3 is 14.9 Å². The summed E-state index contributed by atoms with van der Waals surface area (Å²) in [7, 11) is 0. The number of aliphatic hydroxyl groups is 1. The van der Waals surface area contributed by atoms with E-state index < -0.39 is 0 Å². The topological polar surface area (TPSA) is 60.9 Å². The Balaban J connectivity index is 2.01. The predicted molar refractivity (Wildman–Crippen MR) is 83.6 cm³/mol. The number of para-hydroxylation sites is 1. The van der Waals surface area contributed by atoms with Gasteiger partial charge in [-0.05, 0) is 11.6 Å². The SMILES string of the molecule is CCC(=O)N1C[C@@H]2[C@H](c3ccccc31)[C@H](CO)N2C(=O)CC. The molecular weight excluding hydrogens is 280 g/mol. The average molecular weight is 302 g/mol. The Morgan fingerprint density at radius 1 is 1.18 bits per heavy atom. The number of hydrogen-bond acceptors (Lipinski definition) is 3. The van der Waals surface area contributed by atoms with Gasteiger partial charge >= 0.3 is 0 Å². The molecule has 3 atom stereocenters. The highest BCUT2D eigenvalue weighted by Crippen LogP contribution is 2.48. The van der Waals surface area contributed by atoms with Crippen molar-refractivity contribution >= 4 is 17.5 Å². The van der Waals surface area contributed by atoms with Crippen LogP contribution in [0.25, 0.3) is 0 Å². The third kappa shape index (κ3) is 2.03. The Bertz CT molecular complexity index is 601. The van der Waals surface area contributed by atoms with Crippen LogP contribution in [0.3, 0.4) is 0 Å². The average Bonchev–Trinajstić information content (AvgIpc) is 2.54. The van der Waals surface area contributed by atoms with Crippen LogP contribution >= 0.6 is 0 Å². The van der Waals surface area contributed by atoms with Crippen LogP contribution in [0.5, 0.6) is 0 Å². The van der Waals surface area contributed by atoms with E-state index in [-0.39, 0.29) is 36.4 Å². The highest BCUT2D eigenvalue weighted by molar-refractivity contribution is 5.95. The lowest BCUT2D eigenvalue weighted by molar-refractivity contribution is -0.150. The van der Waals surface area contributed by atoms with E-state index >= 15 is 0 Å². The van der Waals surface area contributed by atoms with Gasteiger partial charge in [0.2, 0.25) is 11.8 Å². The maximum absolute atomic E-state index is 12.3. The number of nitrogens with zero attached hydrogens (tertiary/aromatic N) is 2. The first kappa shape index (κ1) is 15.0. The van der Waals surface area contributed by atoms with E-state index in [0.29, 0.717) is 19.4 Å². The second-order valence-electron chi connectivity index (χ2n) is 5.91. The van der Waals surface area contributed by atoms with Gasteiger partial charge in [0.25, 0.3) is 0 Å². The molecule has 2 heterocycles. The van der Waals surface area contributed by atoms with Crippen LogP contribution in [0.4, 0.5) is 5.69 Å². The van der Waals surface area contributed by atoms with Gasteiger partial charge in [-0.25, -0.2) is 0 Å². The van der Waals surface area contributed by atoms with Crippen LogP contribution in [0, 0.1) is 0 Å². The van der Waals surface area contributed by atoms with Crippen LogP contribution in [0.1, 0.15) is 38.2 Å². The molecule has 1 aromatic carbocycles. The Morgan fingerprint density at radius 2 is 1.86 bits per heavy atom. The molecule has 0 aliphatic carbocycles. The molecule has 2 aliphatic rings. The molecule has 5 heteroatoms. The molecule has 2 amide bonds. The van der Waals surface area contributed by atoms with Crippen molar-refractivity contribution in [1.29, 1.82) is 0 Å². The molecule has 0 saturated carbocycles. The lowest BCUT2D eigenvalue weighted by Crippen LogP contribution is -2.70. The van der Waals surface area contributed by atoms with Crippen molar-refractivity contribution in [3.8, 4) is 0 Å². The van der Waals surface area contributed by atoms with Crippen LogP contribution < -0.4 is 4.90 Å². The number of amides is 2. The number of aliphatic hydroxyl groups excluding tert-OH is 1. The number of fused-ring (bicyclic) bond motifs is 3. The van der Waals surface area contributed by atoms with Crippen molar-refractivity contribution in [2.24, 2.45) is 0 Å². The van der Waals surface area contributed by atoms with E-state index in [0.717, 1.165) is 11.3 Å². The number of carbonyl (C=O) groups excluding carboxylic acids is 2. The Kier molecular flexibility index (Phi) is 3.91. The minimum Gasteiger partial charge on any atom is -0.394 e. The van der Waals surface area contributed by atoms with Crippen molar-refractivity contribution in [3.63, 3.8) is 0 Å². The second-order valence-corrected chi connectivity index (χ2v) is 5.91. The lowest BCUT2D eigenvalue weighted by atomic mass is 9.71. The molecular formula is C17H22N2O3. The van der Waals surface area contributed by atoms with Gasteiger partial charge in [-0.2, -0.15) is 0 Å². The molecule has 2 aliphatic heterocycles. The van der Waals surface area contributed by atoms with Crippen LogP contribution in [0.15, 0.2) is 24.3 Å². The Morgan fingerprint density at radius 3 is 2.50 bits per heavy atom. The van der Waals surface area contributed by atoms with E-state index in [1.54, 1.807) is 9.80 Å². The number of anilines is 1. The van der Waals surface area contributed by atoms with Crippen molar-refractivity contribution < 1.29 is 14.7 Å². The number of hydrogen-bond donors (Lipinski definition) is 1. The van der Waals surface area contributed by atoms with Gasteiger partial charge in [-0.15, -0.1) is 0 Å². The molecule has 0 spiro atoms. The zero-order valence-electron chi connectivity index (χ0n) is 13.0. The first-order valence-corrected chi connectivity index (χ1v) is 7.95. The fraction of sp³-hybridized carbons (Fsp3) is 0.529. The normalized spacial score (nSPS) is 26.0. The third-order valence-corrected chi connectivity index (χ3v) is 4.88. The van der Waals surface area contributed by atoms with E-state index in [9.17, 15) is 14.7 Å². The Labute approximate surface area is 130 Å². The summed E-state index contributed by atoms with van der Waals surface area (Å²) in [6.45, 7) is 4.17. The van der Waals surface area contributed by atoms with E-state index in [1.807, 2.05) is 38.1 Å². The van der Waals surface area contributed by atoms with E-state index in [2.05, 4.69) is 0 Å². The Hall–Kier alpha value is -1.88. The second kappa shape index (κ2) is 5.72. The molecule has 5 nitrogen and oxygen atoms in total. The molecule has 1 aromatic rings. The summed E-state index contributed by atoms with van der Waals surface area (Å²) in [5.74, 6) is 0.239. The fourth-order valence-corrected chi connectivity index (χ4v) is 3.84. The molecule has 1 N–H and O–H groups in total. The largest absolute Gasteiger partial charge is 0.394 e. The van der Waals surface area contributed by atoms with Crippen molar-refractivity contribution in [2.45, 2.75) is 44.7 Å². The first-order chi connectivity index (χ1) is 10.6. The minimum atomic E-state index is -0.169. The van der Waals surface area contributed by atoms with E-state index in [4.69, 9.17) is 0 Å².